The van der Waals surface area contributed by atoms with Crippen molar-refractivity contribution >= 4 is 17.4 Å². The monoisotopic (exact) mass is 254 g/mol. The molecule has 0 saturated carbocycles. The molecule has 0 aliphatic heterocycles. The van der Waals surface area contributed by atoms with Crippen molar-refractivity contribution in [2.45, 2.75) is 32.1 Å². The van der Waals surface area contributed by atoms with E-state index < -0.39 is 0 Å². The minimum absolute atomic E-state index is 0.204. The van der Waals surface area contributed by atoms with Gasteiger partial charge in [0.1, 0.15) is 0 Å². The minimum Gasteiger partial charge on any atom is -0.328 e. The highest BCUT2D eigenvalue weighted by atomic mass is 32.2. The van der Waals surface area contributed by atoms with Gasteiger partial charge in [-0.2, -0.15) is 11.8 Å². The molecule has 0 aliphatic rings. The summed E-state index contributed by atoms with van der Waals surface area (Å²) < 4.78 is 0. The average Bonchev–Trinajstić information content (AvgIpc) is 2.25. The number of hydrogen-bond donors (Lipinski definition) is 1. The fraction of sp³-hybridized carbons (Fsp3) is 0.500. The van der Waals surface area contributed by atoms with Crippen LogP contribution in [0.1, 0.15) is 24.5 Å². The summed E-state index contributed by atoms with van der Waals surface area (Å²) >= 11 is 1.77. The van der Waals surface area contributed by atoms with Gasteiger partial charge in [0.15, 0.2) is 0 Å². The first-order valence-electron chi connectivity index (χ1n) is 5.58. The summed E-state index contributed by atoms with van der Waals surface area (Å²) in [4.78, 5) is 10.4. The van der Waals surface area contributed by atoms with E-state index in [1.54, 1.807) is 30.8 Å². The van der Waals surface area contributed by atoms with Crippen LogP contribution in [-0.4, -0.2) is 16.7 Å². The fourth-order valence-electron chi connectivity index (χ4n) is 1.48. The van der Waals surface area contributed by atoms with Crippen LogP contribution < -0.4 is 5.73 Å². The quantitative estimate of drug-likeness (QED) is 0.481. The van der Waals surface area contributed by atoms with Crippen LogP contribution in [0.3, 0.4) is 0 Å². The summed E-state index contributed by atoms with van der Waals surface area (Å²) in [6, 6.07) is 5.45. The summed E-state index contributed by atoms with van der Waals surface area (Å²) in [6.07, 6.45) is 0.971. The number of nitro benzene ring substituents is 1. The molecular formula is C12H18N2O2S. The van der Waals surface area contributed by atoms with Crippen LogP contribution in [0, 0.1) is 17.0 Å². The third-order valence-electron chi connectivity index (χ3n) is 2.59. The average molecular weight is 254 g/mol. The Hall–Kier alpha value is -1.07. The normalized spacial score (nSPS) is 12.4. The van der Waals surface area contributed by atoms with Crippen molar-refractivity contribution < 1.29 is 4.92 Å². The highest BCUT2D eigenvalue weighted by molar-refractivity contribution is 7.98. The van der Waals surface area contributed by atoms with Crippen LogP contribution in [0.4, 0.5) is 5.69 Å². The van der Waals surface area contributed by atoms with Crippen LogP contribution in [-0.2, 0) is 5.75 Å². The molecule has 0 spiro atoms. The van der Waals surface area contributed by atoms with Gasteiger partial charge < -0.3 is 5.73 Å². The standard InChI is InChI=1S/C12H18N2O2S/c1-9(13)6-7-17-8-11-4-3-5-12(10(11)2)14(15)16/h3-5,9H,6-8,13H2,1-2H3. The number of benzene rings is 1. The predicted molar refractivity (Wildman–Crippen MR) is 72.3 cm³/mol. The minimum atomic E-state index is -0.328. The van der Waals surface area contributed by atoms with Gasteiger partial charge in [0.25, 0.3) is 5.69 Å². The molecule has 0 bridgehead atoms. The second kappa shape index (κ2) is 6.61. The third kappa shape index (κ3) is 4.36. The van der Waals surface area contributed by atoms with Crippen molar-refractivity contribution in [3.63, 3.8) is 0 Å². The van der Waals surface area contributed by atoms with Gasteiger partial charge >= 0.3 is 0 Å². The summed E-state index contributed by atoms with van der Waals surface area (Å²) in [6.45, 7) is 3.79. The maximum atomic E-state index is 10.8. The lowest BCUT2D eigenvalue weighted by Gasteiger charge is -2.07. The molecule has 17 heavy (non-hydrogen) atoms. The van der Waals surface area contributed by atoms with Crippen LogP contribution in [0.2, 0.25) is 0 Å². The molecule has 1 atom stereocenters. The van der Waals surface area contributed by atoms with Gasteiger partial charge in [0.2, 0.25) is 0 Å². The molecule has 4 nitrogen and oxygen atoms in total. The Morgan fingerprint density at radius 3 is 2.82 bits per heavy atom. The number of nitro groups is 1. The number of thioether (sulfide) groups is 1. The maximum absolute atomic E-state index is 10.8. The van der Waals surface area contributed by atoms with Crippen LogP contribution in [0.5, 0.6) is 0 Å². The van der Waals surface area contributed by atoms with Gasteiger partial charge in [-0.1, -0.05) is 12.1 Å². The van der Waals surface area contributed by atoms with E-state index in [2.05, 4.69) is 0 Å². The van der Waals surface area contributed by atoms with Crippen molar-refractivity contribution in [3.05, 3.63) is 39.4 Å². The second-order valence-corrected chi connectivity index (χ2v) is 5.24. The van der Waals surface area contributed by atoms with Gasteiger partial charge in [-0.3, -0.25) is 10.1 Å². The molecule has 5 heteroatoms. The lowest BCUT2D eigenvalue weighted by Crippen LogP contribution is -2.15. The molecule has 2 N–H and O–H groups in total. The van der Waals surface area contributed by atoms with E-state index in [1.165, 1.54) is 0 Å². The molecule has 1 rings (SSSR count). The lowest BCUT2D eigenvalue weighted by molar-refractivity contribution is -0.385. The summed E-state index contributed by atoms with van der Waals surface area (Å²) in [5.74, 6) is 1.79. The molecule has 0 radical (unpaired) electrons. The molecule has 1 aromatic rings. The van der Waals surface area contributed by atoms with Crippen LogP contribution >= 0.6 is 11.8 Å². The van der Waals surface area contributed by atoms with E-state index in [4.69, 9.17) is 5.73 Å². The van der Waals surface area contributed by atoms with Crippen molar-refractivity contribution in [1.82, 2.24) is 0 Å². The number of rotatable bonds is 6. The number of hydrogen-bond acceptors (Lipinski definition) is 4. The van der Waals surface area contributed by atoms with E-state index in [0.29, 0.717) is 0 Å². The van der Waals surface area contributed by atoms with Crippen LogP contribution in [0.25, 0.3) is 0 Å². The lowest BCUT2D eigenvalue weighted by atomic mass is 10.1. The van der Waals surface area contributed by atoms with E-state index in [1.807, 2.05) is 13.0 Å². The Bertz CT molecular complexity index is 394. The van der Waals surface area contributed by atoms with E-state index in [0.717, 1.165) is 29.1 Å². The largest absolute Gasteiger partial charge is 0.328 e. The molecular weight excluding hydrogens is 236 g/mol. The fourth-order valence-corrected chi connectivity index (χ4v) is 2.69. The maximum Gasteiger partial charge on any atom is 0.272 e. The Kier molecular flexibility index (Phi) is 5.44. The first-order chi connectivity index (χ1) is 8.02. The topological polar surface area (TPSA) is 69.2 Å². The van der Waals surface area contributed by atoms with Gasteiger partial charge in [-0.05, 0) is 31.6 Å². The van der Waals surface area contributed by atoms with Crippen molar-refractivity contribution in [2.75, 3.05) is 5.75 Å². The van der Waals surface area contributed by atoms with Gasteiger partial charge in [-0.15, -0.1) is 0 Å². The molecule has 0 amide bonds. The Morgan fingerprint density at radius 1 is 1.53 bits per heavy atom. The zero-order chi connectivity index (χ0) is 12.8. The second-order valence-electron chi connectivity index (χ2n) is 4.14. The van der Waals surface area contributed by atoms with Gasteiger partial charge in [0.05, 0.1) is 4.92 Å². The first-order valence-corrected chi connectivity index (χ1v) is 6.74. The van der Waals surface area contributed by atoms with E-state index >= 15 is 0 Å². The van der Waals surface area contributed by atoms with Crippen molar-refractivity contribution in [1.29, 1.82) is 0 Å². The molecule has 0 heterocycles. The number of nitrogens with zero attached hydrogens (tertiary/aromatic N) is 1. The van der Waals surface area contributed by atoms with E-state index in [9.17, 15) is 10.1 Å². The van der Waals surface area contributed by atoms with Crippen molar-refractivity contribution in [2.24, 2.45) is 5.73 Å². The third-order valence-corrected chi connectivity index (χ3v) is 3.63. The van der Waals surface area contributed by atoms with Gasteiger partial charge in [0, 0.05) is 23.4 Å². The Morgan fingerprint density at radius 2 is 2.24 bits per heavy atom. The zero-order valence-electron chi connectivity index (χ0n) is 10.2. The smallest absolute Gasteiger partial charge is 0.272 e. The Balaban J connectivity index is 2.59. The first kappa shape index (κ1) is 14.0. The van der Waals surface area contributed by atoms with Crippen LogP contribution in [0.15, 0.2) is 18.2 Å². The summed E-state index contributed by atoms with van der Waals surface area (Å²) in [5, 5.41) is 10.8. The predicted octanol–water partition coefficient (Wildman–Crippen LogP) is 2.87. The van der Waals surface area contributed by atoms with Gasteiger partial charge in [-0.25, -0.2) is 0 Å². The molecule has 0 fully saturated rings. The molecule has 0 saturated heterocycles. The zero-order valence-corrected chi connectivity index (χ0v) is 11.0. The SMILES string of the molecule is Cc1c(CSCCC(C)N)cccc1[N+](=O)[O-]. The highest BCUT2D eigenvalue weighted by Gasteiger charge is 2.12. The molecule has 94 valence electrons. The summed E-state index contributed by atoms with van der Waals surface area (Å²) in [7, 11) is 0. The van der Waals surface area contributed by atoms with Crippen molar-refractivity contribution in [3.8, 4) is 0 Å². The molecule has 1 unspecified atom stereocenters. The molecule has 1 aromatic carbocycles. The Labute approximate surface area is 106 Å². The molecule has 0 aliphatic carbocycles. The summed E-state index contributed by atoms with van der Waals surface area (Å²) in [5.41, 5.74) is 7.67. The molecule has 0 aromatic heterocycles. The van der Waals surface area contributed by atoms with E-state index in [-0.39, 0.29) is 16.7 Å². The number of nitrogens with two attached hydrogens (primary N) is 1. The highest BCUT2D eigenvalue weighted by Crippen LogP contribution is 2.24.